The zero-order valence-electron chi connectivity index (χ0n) is 12.6. The number of nitrogens with two attached hydrogens (primary N) is 1. The molecule has 2 nitrogen and oxygen atoms in total. The van der Waals surface area contributed by atoms with Gasteiger partial charge in [-0.05, 0) is 86.2 Å². The first kappa shape index (κ1) is 13.2. The molecule has 0 atom stereocenters. The second kappa shape index (κ2) is 5.05. The van der Waals surface area contributed by atoms with Crippen LogP contribution in [-0.4, -0.2) is 0 Å². The summed E-state index contributed by atoms with van der Waals surface area (Å²) in [5, 5.41) is 9.10. The summed E-state index contributed by atoms with van der Waals surface area (Å²) < 4.78 is 0. The van der Waals surface area contributed by atoms with Crippen molar-refractivity contribution in [2.75, 3.05) is 5.73 Å². The summed E-state index contributed by atoms with van der Waals surface area (Å²) in [6, 6.07) is 8.10. The van der Waals surface area contributed by atoms with E-state index in [0.717, 1.165) is 36.0 Å². The maximum absolute atomic E-state index is 9.10. The van der Waals surface area contributed by atoms with E-state index in [4.69, 9.17) is 11.0 Å². The van der Waals surface area contributed by atoms with Gasteiger partial charge in [0.2, 0.25) is 0 Å². The Labute approximate surface area is 127 Å². The molecule has 4 aliphatic carbocycles. The number of rotatable bonds is 3. The first-order valence-electron chi connectivity index (χ1n) is 8.52. The molecule has 0 radical (unpaired) electrons. The highest BCUT2D eigenvalue weighted by molar-refractivity contribution is 5.59. The first-order chi connectivity index (χ1) is 10.2. The Morgan fingerprint density at radius 2 is 1.71 bits per heavy atom. The molecule has 2 heteroatoms. The van der Waals surface area contributed by atoms with E-state index in [1.165, 1.54) is 44.1 Å². The van der Waals surface area contributed by atoms with E-state index in [1.54, 1.807) is 0 Å². The molecule has 1 aromatic carbocycles. The van der Waals surface area contributed by atoms with Crippen molar-refractivity contribution in [1.82, 2.24) is 0 Å². The van der Waals surface area contributed by atoms with Crippen LogP contribution in [0.2, 0.25) is 0 Å². The van der Waals surface area contributed by atoms with Gasteiger partial charge in [-0.15, -0.1) is 0 Å². The summed E-state index contributed by atoms with van der Waals surface area (Å²) in [5.74, 6) is 5.00. The molecule has 0 amide bonds. The van der Waals surface area contributed by atoms with Crippen molar-refractivity contribution in [1.29, 1.82) is 5.26 Å². The van der Waals surface area contributed by atoms with Crippen molar-refractivity contribution < 1.29 is 0 Å². The van der Waals surface area contributed by atoms with Gasteiger partial charge in [-0.3, -0.25) is 0 Å². The molecular formula is C19H24N2. The Morgan fingerprint density at radius 1 is 1.05 bits per heavy atom. The Morgan fingerprint density at radius 3 is 2.33 bits per heavy atom. The summed E-state index contributed by atoms with van der Waals surface area (Å²) in [6.07, 6.45) is 9.81. The van der Waals surface area contributed by atoms with Gasteiger partial charge in [-0.1, -0.05) is 12.1 Å². The lowest BCUT2D eigenvalue weighted by Crippen LogP contribution is -2.45. The number of anilines is 1. The monoisotopic (exact) mass is 280 g/mol. The Kier molecular flexibility index (Phi) is 3.17. The predicted molar refractivity (Wildman–Crippen MR) is 84.4 cm³/mol. The molecular weight excluding hydrogens is 256 g/mol. The molecule has 1 aromatic rings. The Bertz CT molecular complexity index is 556. The van der Waals surface area contributed by atoms with E-state index in [1.807, 2.05) is 12.1 Å². The predicted octanol–water partition coefficient (Wildman–Crippen LogP) is 4.15. The highest BCUT2D eigenvalue weighted by Crippen LogP contribution is 2.57. The molecule has 0 aliphatic heterocycles. The second-order valence-corrected chi connectivity index (χ2v) is 7.62. The van der Waals surface area contributed by atoms with Crippen molar-refractivity contribution in [2.45, 2.75) is 44.9 Å². The highest BCUT2D eigenvalue weighted by Gasteiger charge is 2.47. The van der Waals surface area contributed by atoms with Crippen LogP contribution in [0.25, 0.3) is 0 Å². The van der Waals surface area contributed by atoms with Crippen LogP contribution < -0.4 is 5.73 Å². The minimum Gasteiger partial charge on any atom is -0.397 e. The third-order valence-corrected chi connectivity index (χ3v) is 6.49. The van der Waals surface area contributed by atoms with Gasteiger partial charge in [0.05, 0.1) is 11.3 Å². The summed E-state index contributed by atoms with van der Waals surface area (Å²) >= 11 is 0. The van der Waals surface area contributed by atoms with Crippen LogP contribution >= 0.6 is 0 Å². The zero-order valence-corrected chi connectivity index (χ0v) is 12.6. The average molecular weight is 280 g/mol. The molecule has 0 spiro atoms. The fourth-order valence-corrected chi connectivity index (χ4v) is 5.76. The SMILES string of the molecule is N#Cc1cccc(CCC2C3CC4CC(C3)CC2C4)c1N. The minimum absolute atomic E-state index is 0.637. The number of hydrogen-bond acceptors (Lipinski definition) is 2. The smallest absolute Gasteiger partial charge is 0.101 e. The molecule has 0 unspecified atom stereocenters. The van der Waals surface area contributed by atoms with E-state index in [-0.39, 0.29) is 0 Å². The minimum atomic E-state index is 0.637. The van der Waals surface area contributed by atoms with E-state index in [2.05, 4.69) is 12.1 Å². The molecule has 0 saturated heterocycles. The Balaban J connectivity index is 1.47. The normalized spacial score (nSPS) is 36.6. The van der Waals surface area contributed by atoms with Crippen LogP contribution in [0.15, 0.2) is 18.2 Å². The lowest BCUT2D eigenvalue weighted by molar-refractivity contribution is -0.0394. The van der Waals surface area contributed by atoms with E-state index in [0.29, 0.717) is 11.3 Å². The van der Waals surface area contributed by atoms with Gasteiger partial charge in [0, 0.05) is 0 Å². The fourth-order valence-electron chi connectivity index (χ4n) is 5.76. The van der Waals surface area contributed by atoms with E-state index >= 15 is 0 Å². The number of aryl methyl sites for hydroxylation is 1. The maximum Gasteiger partial charge on any atom is 0.101 e. The molecule has 2 N–H and O–H groups in total. The lowest BCUT2D eigenvalue weighted by Gasteiger charge is -2.54. The fraction of sp³-hybridized carbons (Fsp3) is 0.632. The van der Waals surface area contributed by atoms with Gasteiger partial charge < -0.3 is 5.73 Å². The van der Waals surface area contributed by atoms with Gasteiger partial charge >= 0.3 is 0 Å². The number of nitriles is 1. The maximum atomic E-state index is 9.10. The Hall–Kier alpha value is -1.49. The number of benzene rings is 1. The van der Waals surface area contributed by atoms with Gasteiger partial charge in [-0.25, -0.2) is 0 Å². The van der Waals surface area contributed by atoms with Gasteiger partial charge in [0.1, 0.15) is 6.07 Å². The highest BCUT2D eigenvalue weighted by atomic mass is 14.6. The van der Waals surface area contributed by atoms with Crippen molar-refractivity contribution in [3.63, 3.8) is 0 Å². The van der Waals surface area contributed by atoms with Crippen molar-refractivity contribution in [3.8, 4) is 6.07 Å². The summed E-state index contributed by atoms with van der Waals surface area (Å²) in [4.78, 5) is 0. The molecule has 0 heterocycles. The summed E-state index contributed by atoms with van der Waals surface area (Å²) in [7, 11) is 0. The molecule has 4 saturated carbocycles. The molecule has 4 bridgehead atoms. The van der Waals surface area contributed by atoms with Gasteiger partial charge in [0.15, 0.2) is 0 Å². The third-order valence-electron chi connectivity index (χ3n) is 6.49. The first-order valence-corrected chi connectivity index (χ1v) is 8.52. The zero-order chi connectivity index (χ0) is 14.4. The number of nitrogens with zero attached hydrogens (tertiary/aromatic N) is 1. The van der Waals surface area contributed by atoms with Gasteiger partial charge in [0.25, 0.3) is 0 Å². The quantitative estimate of drug-likeness (QED) is 0.846. The van der Waals surface area contributed by atoms with Crippen molar-refractivity contribution in [3.05, 3.63) is 29.3 Å². The van der Waals surface area contributed by atoms with Crippen LogP contribution in [0.1, 0.15) is 49.7 Å². The van der Waals surface area contributed by atoms with Crippen LogP contribution in [-0.2, 0) is 6.42 Å². The molecule has 5 rings (SSSR count). The second-order valence-electron chi connectivity index (χ2n) is 7.62. The van der Waals surface area contributed by atoms with Crippen LogP contribution in [0, 0.1) is 40.9 Å². The third kappa shape index (κ3) is 2.24. The summed E-state index contributed by atoms with van der Waals surface area (Å²) in [5.41, 5.74) is 8.66. The number of para-hydroxylation sites is 1. The average Bonchev–Trinajstić information content (AvgIpc) is 2.47. The molecule has 4 fully saturated rings. The standard InChI is InChI=1S/C19H24N2/c20-11-15-3-1-2-14(19(15)21)4-5-18-16-7-12-6-13(9-16)10-17(18)8-12/h1-3,12-13,16-18H,4-10,21H2. The van der Waals surface area contributed by atoms with Crippen molar-refractivity contribution in [2.24, 2.45) is 29.6 Å². The largest absolute Gasteiger partial charge is 0.397 e. The molecule has 0 aromatic heterocycles. The number of nitrogen functional groups attached to an aromatic ring is 1. The van der Waals surface area contributed by atoms with Crippen LogP contribution in [0.3, 0.4) is 0 Å². The molecule has 4 aliphatic rings. The van der Waals surface area contributed by atoms with E-state index in [9.17, 15) is 0 Å². The summed E-state index contributed by atoms with van der Waals surface area (Å²) in [6.45, 7) is 0. The molecule has 110 valence electrons. The van der Waals surface area contributed by atoms with Crippen molar-refractivity contribution >= 4 is 5.69 Å². The van der Waals surface area contributed by atoms with Crippen LogP contribution in [0.5, 0.6) is 0 Å². The van der Waals surface area contributed by atoms with E-state index < -0.39 is 0 Å². The van der Waals surface area contributed by atoms with Gasteiger partial charge in [-0.2, -0.15) is 5.26 Å². The topological polar surface area (TPSA) is 49.8 Å². The number of hydrogen-bond donors (Lipinski definition) is 1. The lowest BCUT2D eigenvalue weighted by atomic mass is 9.51. The molecule has 21 heavy (non-hydrogen) atoms. The van der Waals surface area contributed by atoms with Crippen LogP contribution in [0.4, 0.5) is 5.69 Å².